The van der Waals surface area contributed by atoms with E-state index >= 15 is 0 Å². The molecule has 2 heterocycles. The minimum Gasteiger partial charge on any atom is -0.467 e. The zero-order valence-corrected chi connectivity index (χ0v) is 15.3. The van der Waals surface area contributed by atoms with Crippen molar-refractivity contribution in [3.63, 3.8) is 0 Å². The molecule has 0 spiro atoms. The fourth-order valence-corrected chi connectivity index (χ4v) is 3.91. The Hall–Kier alpha value is -1.38. The van der Waals surface area contributed by atoms with Gasteiger partial charge in [-0.15, -0.1) is 0 Å². The van der Waals surface area contributed by atoms with Crippen LogP contribution in [0.5, 0.6) is 0 Å². The van der Waals surface area contributed by atoms with E-state index in [1.54, 1.807) is 37.1 Å². The average molecular weight is 358 g/mol. The number of furan rings is 1. The lowest BCUT2D eigenvalue weighted by molar-refractivity contribution is -0.134. The first-order valence-corrected chi connectivity index (χ1v) is 10.0. The molecule has 1 aliphatic heterocycles. The third-order valence-electron chi connectivity index (χ3n) is 4.02. The van der Waals surface area contributed by atoms with Gasteiger partial charge in [0.2, 0.25) is 15.9 Å². The Morgan fingerprint density at radius 1 is 1.42 bits per heavy atom. The molecule has 1 saturated heterocycles. The maximum Gasteiger partial charge on any atom is 0.238 e. The van der Waals surface area contributed by atoms with Crippen molar-refractivity contribution >= 4 is 15.9 Å². The summed E-state index contributed by atoms with van der Waals surface area (Å²) in [7, 11) is -3.45. The van der Waals surface area contributed by atoms with Crippen LogP contribution in [0.1, 0.15) is 32.4 Å². The number of carbonyl (C=O) groups is 1. The molecule has 0 N–H and O–H groups in total. The molecule has 0 aromatic carbocycles. The first-order chi connectivity index (χ1) is 11.3. The minimum absolute atomic E-state index is 0.00496. The zero-order valence-electron chi connectivity index (χ0n) is 14.5. The van der Waals surface area contributed by atoms with E-state index in [1.807, 2.05) is 0 Å². The molecule has 1 atom stereocenters. The van der Waals surface area contributed by atoms with Gasteiger partial charge in [0.05, 0.1) is 31.7 Å². The van der Waals surface area contributed by atoms with Crippen molar-refractivity contribution in [3.8, 4) is 0 Å². The Morgan fingerprint density at radius 2 is 2.17 bits per heavy atom. The standard InChI is InChI=1S/C16H26N2O5S/c1-13(2)18(24(3,20)21)12-16(19)17(10-14-6-4-8-22-14)11-15-7-5-9-23-15/h4,6,8,13,15H,5,7,9-12H2,1-3H3. The molecular weight excluding hydrogens is 332 g/mol. The molecule has 24 heavy (non-hydrogen) atoms. The molecule has 136 valence electrons. The minimum atomic E-state index is -3.45. The van der Waals surface area contributed by atoms with Crippen molar-refractivity contribution in [2.75, 3.05) is 26.0 Å². The number of amides is 1. The van der Waals surface area contributed by atoms with Gasteiger partial charge in [-0.05, 0) is 38.8 Å². The quantitative estimate of drug-likeness (QED) is 0.703. The summed E-state index contributed by atoms with van der Waals surface area (Å²) < 4.78 is 36.0. The summed E-state index contributed by atoms with van der Waals surface area (Å²) in [6, 6.07) is 3.28. The van der Waals surface area contributed by atoms with E-state index in [2.05, 4.69) is 0 Å². The first kappa shape index (κ1) is 19.0. The van der Waals surface area contributed by atoms with Gasteiger partial charge in [0.15, 0.2) is 0 Å². The predicted octanol–water partition coefficient (Wildman–Crippen LogP) is 1.46. The molecule has 1 aromatic rings. The van der Waals surface area contributed by atoms with Gasteiger partial charge in [0.25, 0.3) is 0 Å². The van der Waals surface area contributed by atoms with Crippen LogP contribution >= 0.6 is 0 Å². The van der Waals surface area contributed by atoms with E-state index in [4.69, 9.17) is 9.15 Å². The van der Waals surface area contributed by atoms with Crippen molar-refractivity contribution < 1.29 is 22.4 Å². The highest BCUT2D eigenvalue weighted by Crippen LogP contribution is 2.16. The highest BCUT2D eigenvalue weighted by molar-refractivity contribution is 7.88. The third kappa shape index (κ3) is 5.32. The summed E-state index contributed by atoms with van der Waals surface area (Å²) in [5.74, 6) is 0.415. The van der Waals surface area contributed by atoms with Crippen molar-refractivity contribution in [3.05, 3.63) is 24.2 Å². The number of hydrogen-bond donors (Lipinski definition) is 0. The molecule has 0 radical (unpaired) electrons. The monoisotopic (exact) mass is 358 g/mol. The normalized spacial score (nSPS) is 18.5. The van der Waals surface area contributed by atoms with Crippen LogP contribution in [0.2, 0.25) is 0 Å². The number of carbonyl (C=O) groups excluding carboxylic acids is 1. The Kier molecular flexibility index (Phi) is 6.42. The van der Waals surface area contributed by atoms with E-state index in [-0.39, 0.29) is 24.6 Å². The van der Waals surface area contributed by atoms with Gasteiger partial charge in [0, 0.05) is 19.2 Å². The van der Waals surface area contributed by atoms with E-state index in [0.29, 0.717) is 25.5 Å². The first-order valence-electron chi connectivity index (χ1n) is 8.16. The van der Waals surface area contributed by atoms with Gasteiger partial charge in [-0.2, -0.15) is 4.31 Å². The van der Waals surface area contributed by atoms with Gasteiger partial charge in [-0.1, -0.05) is 0 Å². The highest BCUT2D eigenvalue weighted by Gasteiger charge is 2.28. The highest BCUT2D eigenvalue weighted by atomic mass is 32.2. The van der Waals surface area contributed by atoms with Crippen LogP contribution in [-0.2, 0) is 26.1 Å². The topological polar surface area (TPSA) is 80.1 Å². The molecule has 1 fully saturated rings. The molecule has 8 heteroatoms. The number of rotatable bonds is 8. The molecule has 2 rings (SSSR count). The Bertz CT molecular complexity index is 621. The van der Waals surface area contributed by atoms with Crippen LogP contribution in [0.15, 0.2) is 22.8 Å². The molecule has 1 aliphatic rings. The zero-order chi connectivity index (χ0) is 17.7. The van der Waals surface area contributed by atoms with Crippen LogP contribution in [0, 0.1) is 0 Å². The van der Waals surface area contributed by atoms with Gasteiger partial charge in [0.1, 0.15) is 5.76 Å². The maximum absolute atomic E-state index is 12.7. The summed E-state index contributed by atoms with van der Waals surface area (Å²) in [5, 5.41) is 0. The van der Waals surface area contributed by atoms with E-state index in [0.717, 1.165) is 19.1 Å². The van der Waals surface area contributed by atoms with Crippen molar-refractivity contribution in [2.45, 2.75) is 45.4 Å². The average Bonchev–Trinajstić information content (AvgIpc) is 3.15. The van der Waals surface area contributed by atoms with Crippen LogP contribution in [0.25, 0.3) is 0 Å². The van der Waals surface area contributed by atoms with E-state index in [1.165, 1.54) is 4.31 Å². The van der Waals surface area contributed by atoms with Crippen molar-refractivity contribution in [1.82, 2.24) is 9.21 Å². The van der Waals surface area contributed by atoms with Crippen LogP contribution < -0.4 is 0 Å². The molecule has 1 amide bonds. The van der Waals surface area contributed by atoms with E-state index < -0.39 is 10.0 Å². The van der Waals surface area contributed by atoms with Gasteiger partial charge in [-0.3, -0.25) is 4.79 Å². The van der Waals surface area contributed by atoms with Crippen LogP contribution in [0.4, 0.5) is 0 Å². The smallest absolute Gasteiger partial charge is 0.238 e. The predicted molar refractivity (Wildman–Crippen MR) is 89.8 cm³/mol. The van der Waals surface area contributed by atoms with Gasteiger partial charge in [-0.25, -0.2) is 8.42 Å². The summed E-state index contributed by atoms with van der Waals surface area (Å²) in [6.07, 6.45) is 4.56. The SMILES string of the molecule is CC(C)N(CC(=O)N(Cc1ccco1)CC1CCCO1)S(C)(=O)=O. The summed E-state index contributed by atoms with van der Waals surface area (Å²) >= 11 is 0. The Labute approximate surface area is 143 Å². The molecule has 0 aliphatic carbocycles. The summed E-state index contributed by atoms with van der Waals surface area (Å²) in [4.78, 5) is 14.4. The molecule has 1 aromatic heterocycles. The second-order valence-corrected chi connectivity index (χ2v) is 8.33. The second kappa shape index (κ2) is 8.13. The van der Waals surface area contributed by atoms with E-state index in [9.17, 15) is 13.2 Å². The van der Waals surface area contributed by atoms with Gasteiger partial charge < -0.3 is 14.1 Å². The number of hydrogen-bond acceptors (Lipinski definition) is 5. The fraction of sp³-hybridized carbons (Fsp3) is 0.688. The van der Waals surface area contributed by atoms with Crippen LogP contribution in [0.3, 0.4) is 0 Å². The molecular formula is C16H26N2O5S. The second-order valence-electron chi connectivity index (χ2n) is 6.39. The molecule has 1 unspecified atom stereocenters. The largest absolute Gasteiger partial charge is 0.467 e. The number of nitrogens with zero attached hydrogens (tertiary/aromatic N) is 2. The number of ether oxygens (including phenoxy) is 1. The van der Waals surface area contributed by atoms with Crippen LogP contribution in [-0.4, -0.2) is 61.6 Å². The fourth-order valence-electron chi connectivity index (χ4n) is 2.80. The van der Waals surface area contributed by atoms with Crippen molar-refractivity contribution in [1.29, 1.82) is 0 Å². The lowest BCUT2D eigenvalue weighted by Crippen LogP contribution is -2.46. The summed E-state index contributed by atoms with van der Waals surface area (Å²) in [5.41, 5.74) is 0. The molecule has 0 bridgehead atoms. The lowest BCUT2D eigenvalue weighted by Gasteiger charge is -2.29. The molecule has 7 nitrogen and oxygen atoms in total. The third-order valence-corrected chi connectivity index (χ3v) is 5.42. The Morgan fingerprint density at radius 3 is 2.67 bits per heavy atom. The number of sulfonamides is 1. The Balaban J connectivity index is 2.10. The van der Waals surface area contributed by atoms with Crippen molar-refractivity contribution in [2.24, 2.45) is 0 Å². The molecule has 0 saturated carbocycles. The maximum atomic E-state index is 12.7. The summed E-state index contributed by atoms with van der Waals surface area (Å²) in [6.45, 7) is 4.78. The lowest BCUT2D eigenvalue weighted by atomic mass is 10.2. The van der Waals surface area contributed by atoms with Gasteiger partial charge >= 0.3 is 0 Å².